The van der Waals surface area contributed by atoms with Crippen LogP contribution in [0.3, 0.4) is 0 Å². The Morgan fingerprint density at radius 2 is 1.92 bits per heavy atom. The van der Waals surface area contributed by atoms with E-state index >= 15 is 0 Å². The van der Waals surface area contributed by atoms with Crippen molar-refractivity contribution in [3.05, 3.63) is 35.4 Å². The van der Waals surface area contributed by atoms with Crippen molar-refractivity contribution in [1.29, 1.82) is 0 Å². The van der Waals surface area contributed by atoms with E-state index in [1.165, 1.54) is 31.3 Å². The first-order valence-corrected chi connectivity index (χ1v) is 8.67. The molecule has 1 amide bonds. The maximum Gasteiger partial charge on any atom is 0.230 e. The van der Waals surface area contributed by atoms with Gasteiger partial charge in [-0.05, 0) is 63.6 Å². The minimum Gasteiger partial charge on any atom is -0.493 e. The molecule has 0 heterocycles. The van der Waals surface area contributed by atoms with Gasteiger partial charge in [-0.2, -0.15) is 0 Å². The van der Waals surface area contributed by atoms with Gasteiger partial charge in [-0.25, -0.2) is 0 Å². The van der Waals surface area contributed by atoms with E-state index in [9.17, 15) is 4.79 Å². The standard InChI is InChI=1S/C20H29NO3/c1-20(2,16-10-11-17(23-3)18(14-16)24-4)19(22)21-13-12-15-8-6-5-7-9-15/h8,10-11,14H,5-7,9,12-13H2,1-4H3,(H,21,22). The van der Waals surface area contributed by atoms with E-state index < -0.39 is 5.41 Å². The Labute approximate surface area is 145 Å². The molecule has 0 unspecified atom stereocenters. The van der Waals surface area contributed by atoms with Crippen LogP contribution in [0.15, 0.2) is 29.8 Å². The number of hydrogen-bond donors (Lipinski definition) is 1. The van der Waals surface area contributed by atoms with Gasteiger partial charge in [-0.15, -0.1) is 0 Å². The van der Waals surface area contributed by atoms with Crippen LogP contribution in [-0.2, 0) is 10.2 Å². The zero-order chi connectivity index (χ0) is 17.6. The van der Waals surface area contributed by atoms with Crippen LogP contribution >= 0.6 is 0 Å². The summed E-state index contributed by atoms with van der Waals surface area (Å²) in [5, 5.41) is 3.08. The van der Waals surface area contributed by atoms with Gasteiger partial charge in [0.1, 0.15) is 0 Å². The number of rotatable bonds is 7. The highest BCUT2D eigenvalue weighted by molar-refractivity contribution is 5.87. The van der Waals surface area contributed by atoms with Gasteiger partial charge >= 0.3 is 0 Å². The molecular weight excluding hydrogens is 302 g/mol. The smallest absolute Gasteiger partial charge is 0.230 e. The quantitative estimate of drug-likeness (QED) is 0.769. The molecule has 0 aliphatic heterocycles. The summed E-state index contributed by atoms with van der Waals surface area (Å²) < 4.78 is 10.6. The van der Waals surface area contributed by atoms with E-state index in [-0.39, 0.29) is 5.91 Å². The number of hydrogen-bond acceptors (Lipinski definition) is 3. The molecule has 0 saturated heterocycles. The summed E-state index contributed by atoms with van der Waals surface area (Å²) in [6, 6.07) is 5.64. The Bertz CT molecular complexity index is 605. The Morgan fingerprint density at radius 3 is 2.54 bits per heavy atom. The summed E-state index contributed by atoms with van der Waals surface area (Å²) in [6.45, 7) is 4.56. The molecule has 1 aliphatic rings. The lowest BCUT2D eigenvalue weighted by atomic mass is 9.83. The summed E-state index contributed by atoms with van der Waals surface area (Å²) in [7, 11) is 3.21. The Hall–Kier alpha value is -1.97. The second kappa shape index (κ2) is 8.22. The lowest BCUT2D eigenvalue weighted by Gasteiger charge is -2.25. The second-order valence-corrected chi connectivity index (χ2v) is 6.81. The lowest BCUT2D eigenvalue weighted by molar-refractivity contribution is -0.125. The van der Waals surface area contributed by atoms with Crippen LogP contribution < -0.4 is 14.8 Å². The molecule has 0 spiro atoms. The summed E-state index contributed by atoms with van der Waals surface area (Å²) >= 11 is 0. The first kappa shape index (κ1) is 18.4. The van der Waals surface area contributed by atoms with Crippen LogP contribution in [0.5, 0.6) is 11.5 Å². The van der Waals surface area contributed by atoms with Crippen LogP contribution in [0, 0.1) is 0 Å². The Morgan fingerprint density at radius 1 is 1.17 bits per heavy atom. The van der Waals surface area contributed by atoms with Gasteiger partial charge in [0.2, 0.25) is 5.91 Å². The van der Waals surface area contributed by atoms with Crippen molar-refractivity contribution in [2.45, 2.75) is 51.4 Å². The molecule has 4 nitrogen and oxygen atoms in total. The van der Waals surface area contributed by atoms with Gasteiger partial charge in [0.15, 0.2) is 11.5 Å². The largest absolute Gasteiger partial charge is 0.493 e. The summed E-state index contributed by atoms with van der Waals surface area (Å²) in [5.74, 6) is 1.34. The van der Waals surface area contributed by atoms with Crippen molar-refractivity contribution < 1.29 is 14.3 Å². The molecular formula is C20H29NO3. The molecule has 2 rings (SSSR count). The molecule has 1 aromatic carbocycles. The number of carbonyl (C=O) groups is 1. The van der Waals surface area contributed by atoms with Crippen molar-refractivity contribution in [3.63, 3.8) is 0 Å². The molecule has 1 aromatic rings. The highest BCUT2D eigenvalue weighted by atomic mass is 16.5. The molecule has 0 atom stereocenters. The maximum absolute atomic E-state index is 12.7. The number of allylic oxidation sites excluding steroid dienone is 1. The molecule has 0 fully saturated rings. The molecule has 24 heavy (non-hydrogen) atoms. The van der Waals surface area contributed by atoms with Crippen molar-refractivity contribution in [3.8, 4) is 11.5 Å². The molecule has 0 bridgehead atoms. The van der Waals surface area contributed by atoms with Gasteiger partial charge < -0.3 is 14.8 Å². The molecule has 0 saturated carbocycles. The Kier molecular flexibility index (Phi) is 6.29. The monoisotopic (exact) mass is 331 g/mol. The number of ether oxygens (including phenoxy) is 2. The van der Waals surface area contributed by atoms with Crippen molar-refractivity contribution in [2.24, 2.45) is 0 Å². The average molecular weight is 331 g/mol. The van der Waals surface area contributed by atoms with E-state index in [0.29, 0.717) is 18.0 Å². The van der Waals surface area contributed by atoms with Gasteiger partial charge in [0.25, 0.3) is 0 Å². The van der Waals surface area contributed by atoms with E-state index in [2.05, 4.69) is 11.4 Å². The topological polar surface area (TPSA) is 47.6 Å². The molecule has 1 N–H and O–H groups in total. The first-order valence-electron chi connectivity index (χ1n) is 8.67. The predicted octanol–water partition coefficient (Wildman–Crippen LogP) is 3.99. The van der Waals surface area contributed by atoms with Crippen LogP contribution in [0.1, 0.15) is 51.5 Å². The lowest BCUT2D eigenvalue weighted by Crippen LogP contribution is -2.40. The number of methoxy groups -OCH3 is 2. The summed E-state index contributed by atoms with van der Waals surface area (Å²) in [5.41, 5.74) is 1.76. The molecule has 0 aromatic heterocycles. The van der Waals surface area contributed by atoms with Crippen LogP contribution in [0.4, 0.5) is 0 Å². The third-order valence-corrected chi connectivity index (χ3v) is 4.79. The number of nitrogens with one attached hydrogen (secondary N) is 1. The average Bonchev–Trinajstić information content (AvgIpc) is 2.61. The number of benzene rings is 1. The zero-order valence-electron chi connectivity index (χ0n) is 15.3. The van der Waals surface area contributed by atoms with E-state index in [4.69, 9.17) is 9.47 Å². The second-order valence-electron chi connectivity index (χ2n) is 6.81. The summed E-state index contributed by atoms with van der Waals surface area (Å²) in [4.78, 5) is 12.7. The number of amides is 1. The van der Waals surface area contributed by atoms with Gasteiger partial charge in [0, 0.05) is 6.54 Å². The molecule has 1 aliphatic carbocycles. The van der Waals surface area contributed by atoms with Gasteiger partial charge in [-0.3, -0.25) is 4.79 Å². The van der Waals surface area contributed by atoms with Crippen molar-refractivity contribution in [2.75, 3.05) is 20.8 Å². The fourth-order valence-electron chi connectivity index (χ4n) is 3.05. The fraction of sp³-hybridized carbons (Fsp3) is 0.550. The van der Waals surface area contributed by atoms with Crippen molar-refractivity contribution >= 4 is 5.91 Å². The minimum atomic E-state index is -0.625. The Balaban J connectivity index is 2.00. The first-order chi connectivity index (χ1) is 11.5. The predicted molar refractivity (Wildman–Crippen MR) is 96.7 cm³/mol. The molecule has 4 heteroatoms. The van der Waals surface area contributed by atoms with Crippen LogP contribution in [0.25, 0.3) is 0 Å². The van der Waals surface area contributed by atoms with Crippen LogP contribution in [-0.4, -0.2) is 26.7 Å². The molecule has 0 radical (unpaired) electrons. The van der Waals surface area contributed by atoms with E-state index in [0.717, 1.165) is 12.0 Å². The molecule has 132 valence electrons. The number of carbonyl (C=O) groups excluding carboxylic acids is 1. The third kappa shape index (κ3) is 4.31. The fourth-order valence-corrected chi connectivity index (χ4v) is 3.05. The van der Waals surface area contributed by atoms with Crippen LogP contribution in [0.2, 0.25) is 0 Å². The maximum atomic E-state index is 12.7. The highest BCUT2D eigenvalue weighted by Crippen LogP contribution is 2.33. The SMILES string of the molecule is COc1ccc(C(C)(C)C(=O)NCCC2=CCCCC2)cc1OC. The van der Waals surface area contributed by atoms with Crippen molar-refractivity contribution in [1.82, 2.24) is 5.32 Å². The third-order valence-electron chi connectivity index (χ3n) is 4.79. The highest BCUT2D eigenvalue weighted by Gasteiger charge is 2.30. The summed E-state index contributed by atoms with van der Waals surface area (Å²) in [6.07, 6.45) is 8.21. The zero-order valence-corrected chi connectivity index (χ0v) is 15.3. The van der Waals surface area contributed by atoms with E-state index in [1.807, 2.05) is 32.0 Å². The van der Waals surface area contributed by atoms with Gasteiger partial charge in [0.05, 0.1) is 19.6 Å². The normalized spacial score (nSPS) is 14.8. The minimum absolute atomic E-state index is 0.0335. The van der Waals surface area contributed by atoms with Gasteiger partial charge in [-0.1, -0.05) is 17.7 Å². The van der Waals surface area contributed by atoms with E-state index in [1.54, 1.807) is 14.2 Å².